The monoisotopic (exact) mass is 153 g/mol. The summed E-state index contributed by atoms with van der Waals surface area (Å²) in [5, 5.41) is 3.27. The van der Waals surface area contributed by atoms with Crippen LogP contribution in [0.4, 0.5) is 0 Å². The average Bonchev–Trinajstić information content (AvgIpc) is 1.69. The first-order valence-corrected chi connectivity index (χ1v) is 2.79. The molecule has 0 bridgehead atoms. The molecule has 0 aromatic heterocycles. The first kappa shape index (κ1) is 11.9. The molecule has 1 aliphatic heterocycles. The van der Waals surface area contributed by atoms with Gasteiger partial charge in [-0.1, -0.05) is 0 Å². The molecule has 3 nitrogen and oxygen atoms in total. The van der Waals surface area contributed by atoms with Crippen LogP contribution in [0.3, 0.4) is 0 Å². The van der Waals surface area contributed by atoms with Gasteiger partial charge in [0.1, 0.15) is 0 Å². The van der Waals surface area contributed by atoms with Crippen LogP contribution in [0.25, 0.3) is 0 Å². The molecule has 1 fully saturated rings. The number of nitrogens with zero attached hydrogens (tertiary/aromatic N) is 1. The number of likely N-dealkylation sites (N-methyl/N-ethyl adjacent to an activating group) is 1. The highest BCUT2D eigenvalue weighted by atomic mass is 35.5. The fourth-order valence-corrected chi connectivity index (χ4v) is 0.777. The van der Waals surface area contributed by atoms with E-state index >= 15 is 0 Å². The molecule has 0 saturated carbocycles. The van der Waals surface area contributed by atoms with Crippen molar-refractivity contribution in [2.75, 3.05) is 33.2 Å². The lowest BCUT2D eigenvalue weighted by Gasteiger charge is -2.21. The standard InChI is InChI=1S/C5H12N2.ClH.H3N/c1-7-4-2-6-3-5-7;;/h6H,2-5H2,1H3;1H;1H3. The topological polar surface area (TPSA) is 50.3 Å². The zero-order valence-electron chi connectivity index (χ0n) is 5.89. The van der Waals surface area contributed by atoms with Gasteiger partial charge < -0.3 is 16.4 Å². The molecule has 0 radical (unpaired) electrons. The molecule has 0 aliphatic carbocycles. The molecule has 58 valence electrons. The molecule has 1 saturated heterocycles. The Bertz CT molecular complexity index is 54.2. The van der Waals surface area contributed by atoms with Crippen molar-refractivity contribution in [3.63, 3.8) is 0 Å². The van der Waals surface area contributed by atoms with Crippen LogP contribution in [0.5, 0.6) is 0 Å². The minimum absolute atomic E-state index is 0. The zero-order chi connectivity index (χ0) is 5.11. The van der Waals surface area contributed by atoms with Crippen LogP contribution in [0, 0.1) is 0 Å². The molecule has 9 heavy (non-hydrogen) atoms. The molecular weight excluding hydrogens is 138 g/mol. The summed E-state index contributed by atoms with van der Waals surface area (Å²) in [6, 6.07) is 0. The van der Waals surface area contributed by atoms with Gasteiger partial charge in [0.15, 0.2) is 0 Å². The van der Waals surface area contributed by atoms with Crippen LogP contribution in [-0.2, 0) is 0 Å². The lowest BCUT2D eigenvalue weighted by atomic mass is 10.4. The average molecular weight is 154 g/mol. The van der Waals surface area contributed by atoms with Gasteiger partial charge in [-0.2, -0.15) is 0 Å². The third-order valence-corrected chi connectivity index (χ3v) is 1.34. The number of halogens is 1. The fourth-order valence-electron chi connectivity index (χ4n) is 0.777. The van der Waals surface area contributed by atoms with E-state index in [-0.39, 0.29) is 18.6 Å². The largest absolute Gasteiger partial charge is 0.344 e. The third kappa shape index (κ3) is 4.66. The number of rotatable bonds is 0. The van der Waals surface area contributed by atoms with Gasteiger partial charge >= 0.3 is 0 Å². The van der Waals surface area contributed by atoms with Gasteiger partial charge in [-0.05, 0) is 7.05 Å². The normalized spacial score (nSPS) is 19.7. The van der Waals surface area contributed by atoms with Crippen LogP contribution in [0.1, 0.15) is 0 Å². The second-order valence-corrected chi connectivity index (χ2v) is 2.05. The molecule has 1 heterocycles. The maximum atomic E-state index is 3.27. The van der Waals surface area contributed by atoms with Gasteiger partial charge in [0.25, 0.3) is 0 Å². The summed E-state index contributed by atoms with van der Waals surface area (Å²) in [4.78, 5) is 2.33. The van der Waals surface area contributed by atoms with Crippen LogP contribution in [0.2, 0.25) is 0 Å². The zero-order valence-corrected chi connectivity index (χ0v) is 6.71. The molecule has 0 aromatic carbocycles. The Balaban J connectivity index is 0. The van der Waals surface area contributed by atoms with E-state index in [2.05, 4.69) is 17.3 Å². The van der Waals surface area contributed by atoms with Gasteiger partial charge in [0, 0.05) is 26.2 Å². The summed E-state index contributed by atoms with van der Waals surface area (Å²) in [6.07, 6.45) is 0. The second kappa shape index (κ2) is 6.29. The molecule has 1 aliphatic rings. The lowest BCUT2D eigenvalue weighted by Crippen LogP contribution is -2.40. The predicted octanol–water partition coefficient (Wildman–Crippen LogP) is 0.105. The first-order valence-electron chi connectivity index (χ1n) is 2.79. The Kier molecular flexibility index (Phi) is 8.32. The van der Waals surface area contributed by atoms with E-state index in [0.29, 0.717) is 0 Å². The summed E-state index contributed by atoms with van der Waals surface area (Å²) in [5.74, 6) is 0. The van der Waals surface area contributed by atoms with Crippen molar-refractivity contribution in [3.05, 3.63) is 0 Å². The van der Waals surface area contributed by atoms with E-state index in [1.807, 2.05) is 0 Å². The van der Waals surface area contributed by atoms with Crippen molar-refractivity contribution in [1.82, 2.24) is 16.4 Å². The van der Waals surface area contributed by atoms with Crippen LogP contribution < -0.4 is 11.5 Å². The predicted molar refractivity (Wildman–Crippen MR) is 42.6 cm³/mol. The van der Waals surface area contributed by atoms with Gasteiger partial charge in [0.2, 0.25) is 0 Å². The molecule has 0 spiro atoms. The second-order valence-electron chi connectivity index (χ2n) is 2.05. The van der Waals surface area contributed by atoms with Crippen molar-refractivity contribution >= 4 is 12.4 Å². The van der Waals surface area contributed by atoms with E-state index in [1.54, 1.807) is 0 Å². The smallest absolute Gasteiger partial charge is 0.0104 e. The van der Waals surface area contributed by atoms with E-state index < -0.39 is 0 Å². The number of hydrogen-bond donors (Lipinski definition) is 2. The molecule has 4 N–H and O–H groups in total. The lowest BCUT2D eigenvalue weighted by molar-refractivity contribution is 0.291. The minimum Gasteiger partial charge on any atom is -0.344 e. The summed E-state index contributed by atoms with van der Waals surface area (Å²) in [5.41, 5.74) is 0. The van der Waals surface area contributed by atoms with Crippen LogP contribution >= 0.6 is 12.4 Å². The van der Waals surface area contributed by atoms with Crippen LogP contribution in [-0.4, -0.2) is 38.1 Å². The Hall–Kier alpha value is 0.170. The van der Waals surface area contributed by atoms with Crippen LogP contribution in [0.15, 0.2) is 0 Å². The summed E-state index contributed by atoms with van der Waals surface area (Å²) >= 11 is 0. The third-order valence-electron chi connectivity index (χ3n) is 1.34. The van der Waals surface area contributed by atoms with Gasteiger partial charge in [-0.15, -0.1) is 12.4 Å². The molecule has 0 aromatic rings. The quantitative estimate of drug-likeness (QED) is 0.519. The number of nitrogens with one attached hydrogen (secondary N) is 1. The Labute approximate surface area is 62.8 Å². The molecular formula is C5H16ClN3. The Morgan fingerprint density at radius 3 is 1.89 bits per heavy atom. The molecule has 4 heteroatoms. The van der Waals surface area contributed by atoms with E-state index in [9.17, 15) is 0 Å². The summed E-state index contributed by atoms with van der Waals surface area (Å²) < 4.78 is 0. The highest BCUT2D eigenvalue weighted by molar-refractivity contribution is 5.85. The maximum Gasteiger partial charge on any atom is 0.0104 e. The Morgan fingerprint density at radius 2 is 1.67 bits per heavy atom. The number of piperazine rings is 1. The summed E-state index contributed by atoms with van der Waals surface area (Å²) in [6.45, 7) is 4.74. The molecule has 0 unspecified atom stereocenters. The molecule has 1 rings (SSSR count). The van der Waals surface area contributed by atoms with Crippen molar-refractivity contribution < 1.29 is 0 Å². The van der Waals surface area contributed by atoms with Gasteiger partial charge in [-0.3, -0.25) is 0 Å². The van der Waals surface area contributed by atoms with Crippen molar-refractivity contribution in [1.29, 1.82) is 0 Å². The van der Waals surface area contributed by atoms with Crippen molar-refractivity contribution in [2.24, 2.45) is 0 Å². The van der Waals surface area contributed by atoms with Gasteiger partial charge in [-0.25, -0.2) is 0 Å². The minimum atomic E-state index is 0. The highest BCUT2D eigenvalue weighted by Gasteiger charge is 2.01. The fraction of sp³-hybridized carbons (Fsp3) is 1.00. The van der Waals surface area contributed by atoms with E-state index in [4.69, 9.17) is 0 Å². The number of hydrogen-bond acceptors (Lipinski definition) is 3. The van der Waals surface area contributed by atoms with Crippen molar-refractivity contribution in [3.8, 4) is 0 Å². The first-order chi connectivity index (χ1) is 3.39. The van der Waals surface area contributed by atoms with Gasteiger partial charge in [0.05, 0.1) is 0 Å². The van der Waals surface area contributed by atoms with E-state index in [1.165, 1.54) is 13.1 Å². The highest BCUT2D eigenvalue weighted by Crippen LogP contribution is 1.82. The maximum absolute atomic E-state index is 3.27. The van der Waals surface area contributed by atoms with E-state index in [0.717, 1.165) is 13.1 Å². The SMILES string of the molecule is CN1CCNCC1.Cl.N. The molecule has 0 atom stereocenters. The molecule has 0 amide bonds. The van der Waals surface area contributed by atoms with Crippen molar-refractivity contribution in [2.45, 2.75) is 0 Å². The summed E-state index contributed by atoms with van der Waals surface area (Å²) in [7, 11) is 2.15. The Morgan fingerprint density at radius 1 is 1.22 bits per heavy atom.